The van der Waals surface area contributed by atoms with Gasteiger partial charge in [0, 0.05) is 12.6 Å². The predicted molar refractivity (Wildman–Crippen MR) is 124 cm³/mol. The van der Waals surface area contributed by atoms with Crippen molar-refractivity contribution in [3.8, 4) is 22.6 Å². The summed E-state index contributed by atoms with van der Waals surface area (Å²) in [5, 5.41) is 12.4. The van der Waals surface area contributed by atoms with Gasteiger partial charge in [-0.1, -0.05) is 12.1 Å². The van der Waals surface area contributed by atoms with Gasteiger partial charge in [0.05, 0.1) is 23.8 Å². The first kappa shape index (κ1) is 27.9. The van der Waals surface area contributed by atoms with Crippen LogP contribution < -0.4 is 14.8 Å². The highest BCUT2D eigenvalue weighted by Gasteiger charge is 2.34. The number of alkyl halides is 6. The highest BCUT2D eigenvalue weighted by molar-refractivity contribution is 5.90. The first-order valence-electron chi connectivity index (χ1n) is 11.0. The Morgan fingerprint density at radius 1 is 0.892 bits per heavy atom. The van der Waals surface area contributed by atoms with Crippen molar-refractivity contribution < 1.29 is 45.7 Å². The summed E-state index contributed by atoms with van der Waals surface area (Å²) >= 11 is 0. The molecule has 0 bridgehead atoms. The molecule has 0 aliphatic carbocycles. The zero-order chi connectivity index (χ0) is 27.4. The molecule has 11 heteroatoms. The Balaban J connectivity index is 1.84. The Morgan fingerprint density at radius 2 is 1.51 bits per heavy atom. The molecule has 198 valence electrons. The largest absolute Gasteiger partial charge is 0.497 e. The van der Waals surface area contributed by atoms with E-state index in [1.54, 1.807) is 6.07 Å². The van der Waals surface area contributed by atoms with E-state index in [9.17, 15) is 36.2 Å². The summed E-state index contributed by atoms with van der Waals surface area (Å²) in [7, 11) is 1.54. The van der Waals surface area contributed by atoms with E-state index in [4.69, 9.17) is 9.47 Å². The number of aromatic carboxylic acids is 1. The number of hydrogen-bond donors (Lipinski definition) is 2. The average molecular weight is 527 g/mol. The van der Waals surface area contributed by atoms with Crippen LogP contribution in [0.3, 0.4) is 0 Å². The number of methoxy groups -OCH3 is 1. The molecule has 0 aliphatic rings. The van der Waals surface area contributed by atoms with Gasteiger partial charge in [0.2, 0.25) is 0 Å². The highest BCUT2D eigenvalue weighted by atomic mass is 19.4. The number of nitrogens with one attached hydrogen (secondary N) is 1. The lowest BCUT2D eigenvalue weighted by Crippen LogP contribution is -2.24. The van der Waals surface area contributed by atoms with E-state index in [2.05, 4.69) is 5.32 Å². The van der Waals surface area contributed by atoms with Crippen molar-refractivity contribution in [3.63, 3.8) is 0 Å². The smallest absolute Gasteiger partial charge is 0.416 e. The molecule has 0 heterocycles. The molecule has 5 nitrogen and oxygen atoms in total. The lowest BCUT2D eigenvalue weighted by atomic mass is 9.97. The van der Waals surface area contributed by atoms with Crippen LogP contribution in [0.25, 0.3) is 11.1 Å². The van der Waals surface area contributed by atoms with Crippen LogP contribution in [-0.2, 0) is 12.4 Å². The van der Waals surface area contributed by atoms with E-state index in [-0.39, 0.29) is 36.1 Å². The number of halogens is 6. The second kappa shape index (κ2) is 11.1. The Morgan fingerprint density at radius 3 is 2.11 bits per heavy atom. The molecule has 0 radical (unpaired) electrons. The molecule has 0 aliphatic heterocycles. The third-order valence-electron chi connectivity index (χ3n) is 5.49. The van der Waals surface area contributed by atoms with Crippen LogP contribution in [0.15, 0.2) is 60.7 Å². The third kappa shape index (κ3) is 7.39. The maximum Gasteiger partial charge on any atom is 0.416 e. The molecule has 1 atom stereocenters. The Hall–Kier alpha value is -3.73. The number of rotatable bonds is 9. The summed E-state index contributed by atoms with van der Waals surface area (Å²) in [6.45, 7) is 2.08. The van der Waals surface area contributed by atoms with Gasteiger partial charge in [0.1, 0.15) is 18.1 Å². The molecule has 0 amide bonds. The van der Waals surface area contributed by atoms with E-state index in [0.29, 0.717) is 23.9 Å². The van der Waals surface area contributed by atoms with Gasteiger partial charge in [0.15, 0.2) is 0 Å². The number of ether oxygens (including phenoxy) is 2. The minimum absolute atomic E-state index is 0.0436. The second-order valence-corrected chi connectivity index (χ2v) is 8.15. The van der Waals surface area contributed by atoms with Gasteiger partial charge in [-0.25, -0.2) is 4.79 Å². The maximum absolute atomic E-state index is 13.5. The fourth-order valence-corrected chi connectivity index (χ4v) is 3.57. The molecular formula is C26H23F6NO4. The van der Waals surface area contributed by atoms with E-state index in [1.165, 1.54) is 7.11 Å². The van der Waals surface area contributed by atoms with E-state index >= 15 is 0 Å². The molecule has 0 aromatic heterocycles. The fraction of sp³-hybridized carbons (Fsp3) is 0.269. The zero-order valence-corrected chi connectivity index (χ0v) is 19.7. The van der Waals surface area contributed by atoms with Crippen LogP contribution in [0.1, 0.15) is 40.0 Å². The topological polar surface area (TPSA) is 67.8 Å². The average Bonchev–Trinajstić information content (AvgIpc) is 2.85. The van der Waals surface area contributed by atoms with E-state index in [0.717, 1.165) is 23.8 Å². The lowest BCUT2D eigenvalue weighted by Gasteiger charge is -2.17. The van der Waals surface area contributed by atoms with Gasteiger partial charge in [0.25, 0.3) is 0 Å². The molecule has 0 saturated heterocycles. The first-order chi connectivity index (χ1) is 17.3. The van der Waals surface area contributed by atoms with Crippen LogP contribution in [0.5, 0.6) is 11.5 Å². The maximum atomic E-state index is 13.5. The number of benzene rings is 3. The predicted octanol–water partition coefficient (Wildman–Crippen LogP) is 6.83. The molecular weight excluding hydrogens is 504 g/mol. The van der Waals surface area contributed by atoms with E-state index in [1.807, 2.05) is 25.1 Å². The van der Waals surface area contributed by atoms with Crippen molar-refractivity contribution in [2.75, 3.05) is 20.3 Å². The first-order valence-corrected chi connectivity index (χ1v) is 11.0. The van der Waals surface area contributed by atoms with Crippen molar-refractivity contribution in [1.82, 2.24) is 5.32 Å². The number of hydrogen-bond acceptors (Lipinski definition) is 4. The Labute approximate surface area is 208 Å². The summed E-state index contributed by atoms with van der Waals surface area (Å²) in [6.07, 6.45) is -9.71. The standard InChI is InChI=1S/C26H23F6NO4/c1-15(16-4-3-5-22(12-16)36-2)33-6-7-37-23-13-18(10-21(14-23)26(30,31)32)17-8-19(24(34)35)11-20(9-17)25(27,28)29/h3-5,8-15,33H,6-7H2,1-2H3,(H,34,35)/t15-/m1/s1. The minimum atomic E-state index is -4.90. The zero-order valence-electron chi connectivity index (χ0n) is 19.7. The van der Waals surface area contributed by atoms with Gasteiger partial charge in [-0.3, -0.25) is 0 Å². The lowest BCUT2D eigenvalue weighted by molar-refractivity contribution is -0.138. The van der Waals surface area contributed by atoms with Gasteiger partial charge in [-0.05, 0) is 72.1 Å². The van der Waals surface area contributed by atoms with Gasteiger partial charge >= 0.3 is 18.3 Å². The van der Waals surface area contributed by atoms with Crippen LogP contribution in [0, 0.1) is 0 Å². The monoisotopic (exact) mass is 527 g/mol. The summed E-state index contributed by atoms with van der Waals surface area (Å²) in [6, 6.07) is 11.6. The Kier molecular flexibility index (Phi) is 8.37. The second-order valence-electron chi connectivity index (χ2n) is 8.15. The highest BCUT2D eigenvalue weighted by Crippen LogP contribution is 2.38. The van der Waals surface area contributed by atoms with Crippen LogP contribution in [0.4, 0.5) is 26.3 Å². The van der Waals surface area contributed by atoms with Crippen LogP contribution >= 0.6 is 0 Å². The molecule has 0 unspecified atom stereocenters. The number of carboxylic acid groups (broad SMARTS) is 1. The number of carboxylic acids is 1. The molecule has 0 spiro atoms. The normalized spacial score (nSPS) is 12.8. The number of carbonyl (C=O) groups is 1. The quantitative estimate of drug-likeness (QED) is 0.236. The van der Waals surface area contributed by atoms with Crippen molar-refractivity contribution in [1.29, 1.82) is 0 Å². The molecule has 0 fully saturated rings. The van der Waals surface area contributed by atoms with Crippen LogP contribution in [0.2, 0.25) is 0 Å². The molecule has 3 aromatic rings. The minimum Gasteiger partial charge on any atom is -0.497 e. The van der Waals surface area contributed by atoms with Crippen molar-refractivity contribution in [2.45, 2.75) is 25.3 Å². The van der Waals surface area contributed by atoms with E-state index < -0.39 is 35.0 Å². The Bertz CT molecular complexity index is 1260. The van der Waals surface area contributed by atoms with Gasteiger partial charge in [-0.15, -0.1) is 0 Å². The van der Waals surface area contributed by atoms with Crippen molar-refractivity contribution in [3.05, 3.63) is 82.9 Å². The third-order valence-corrected chi connectivity index (χ3v) is 5.49. The molecule has 2 N–H and O–H groups in total. The SMILES string of the molecule is COc1cccc([C@@H](C)NCCOc2cc(-c3cc(C(=O)O)cc(C(F)(F)F)c3)cc(C(F)(F)F)c2)c1. The van der Waals surface area contributed by atoms with Crippen molar-refractivity contribution in [2.24, 2.45) is 0 Å². The molecule has 3 aromatic carbocycles. The fourth-order valence-electron chi connectivity index (χ4n) is 3.57. The molecule has 0 saturated carbocycles. The summed E-state index contributed by atoms with van der Waals surface area (Å²) in [5.41, 5.74) is -2.84. The molecule has 3 rings (SSSR count). The molecule has 37 heavy (non-hydrogen) atoms. The van der Waals surface area contributed by atoms with Gasteiger partial charge in [-0.2, -0.15) is 26.3 Å². The summed E-state index contributed by atoms with van der Waals surface area (Å²) < 4.78 is 91.2. The summed E-state index contributed by atoms with van der Waals surface area (Å²) in [5.74, 6) is -1.21. The summed E-state index contributed by atoms with van der Waals surface area (Å²) in [4.78, 5) is 11.3. The van der Waals surface area contributed by atoms with Crippen LogP contribution in [-0.4, -0.2) is 31.3 Å². The van der Waals surface area contributed by atoms with Crippen molar-refractivity contribution >= 4 is 5.97 Å². The van der Waals surface area contributed by atoms with Gasteiger partial charge < -0.3 is 19.9 Å².